The van der Waals surface area contributed by atoms with Crippen molar-refractivity contribution in [3.05, 3.63) is 82.9 Å². The first-order valence-corrected chi connectivity index (χ1v) is 9.15. The predicted octanol–water partition coefficient (Wildman–Crippen LogP) is 5.29. The molecule has 0 radical (unpaired) electrons. The van der Waals surface area contributed by atoms with Gasteiger partial charge in [-0.05, 0) is 59.0 Å². The second-order valence-corrected chi connectivity index (χ2v) is 7.68. The van der Waals surface area contributed by atoms with E-state index in [9.17, 15) is 0 Å². The van der Waals surface area contributed by atoms with Gasteiger partial charge in [0.05, 0.1) is 0 Å². The van der Waals surface area contributed by atoms with Crippen LogP contribution in [0.3, 0.4) is 0 Å². The maximum atomic E-state index is 2.34. The third-order valence-corrected chi connectivity index (χ3v) is 5.43. The highest BCUT2D eigenvalue weighted by Gasteiger charge is 2.30. The van der Waals surface area contributed by atoms with Gasteiger partial charge in [-0.3, -0.25) is 0 Å². The Morgan fingerprint density at radius 2 is 1.08 bits per heavy atom. The summed E-state index contributed by atoms with van der Waals surface area (Å²) in [5, 5.41) is 0. The Labute approximate surface area is 156 Å². The Balaban J connectivity index is 1.95. The Hall–Kier alpha value is -2.74. The molecule has 3 aromatic rings. The molecule has 0 bridgehead atoms. The molecule has 0 N–H and O–H groups in total. The minimum absolute atomic E-state index is 0.313. The number of rotatable bonds is 3. The Morgan fingerprint density at radius 3 is 1.50 bits per heavy atom. The van der Waals surface area contributed by atoms with E-state index in [2.05, 4.69) is 106 Å². The van der Waals surface area contributed by atoms with Crippen LogP contribution >= 0.6 is 0 Å². The minimum Gasteiger partial charge on any atom is -0.378 e. The molecule has 0 saturated heterocycles. The molecule has 132 valence electrons. The quantitative estimate of drug-likeness (QED) is 0.499. The van der Waals surface area contributed by atoms with Gasteiger partial charge in [0.1, 0.15) is 0 Å². The second-order valence-electron chi connectivity index (χ2n) is 7.68. The van der Waals surface area contributed by atoms with Crippen molar-refractivity contribution in [1.29, 1.82) is 0 Å². The van der Waals surface area contributed by atoms with Crippen molar-refractivity contribution >= 4 is 11.4 Å². The molecule has 0 atom stereocenters. The summed E-state index contributed by atoms with van der Waals surface area (Å²) in [6.07, 6.45) is 0. The number of hydrogen-bond donors (Lipinski definition) is 0. The molecule has 1 aliphatic rings. The first kappa shape index (κ1) is 16.7. The zero-order valence-corrected chi connectivity index (χ0v) is 16.2. The zero-order valence-electron chi connectivity index (χ0n) is 16.2. The standard InChI is InChI=1S/C24H26N2/c1-16-6-8-17(9-7-16)24-20-12-10-18(25(2)3)14-22(20)23-15-19(26(4)5)11-13-21(23)24/h6-15,24H,1-5H3. The van der Waals surface area contributed by atoms with Crippen LogP contribution in [0, 0.1) is 6.92 Å². The molecule has 2 nitrogen and oxygen atoms in total. The highest BCUT2D eigenvalue weighted by molar-refractivity contribution is 5.85. The third kappa shape index (κ3) is 2.66. The van der Waals surface area contributed by atoms with Gasteiger partial charge in [-0.1, -0.05) is 42.0 Å². The first-order valence-electron chi connectivity index (χ1n) is 9.15. The van der Waals surface area contributed by atoms with Crippen molar-refractivity contribution in [3.63, 3.8) is 0 Å². The molecule has 3 aromatic carbocycles. The molecule has 0 amide bonds. The van der Waals surface area contributed by atoms with E-state index in [0.717, 1.165) is 0 Å². The van der Waals surface area contributed by atoms with E-state index < -0.39 is 0 Å². The van der Waals surface area contributed by atoms with E-state index in [4.69, 9.17) is 0 Å². The van der Waals surface area contributed by atoms with Crippen LogP contribution in [0.15, 0.2) is 60.7 Å². The van der Waals surface area contributed by atoms with Crippen LogP contribution in [-0.2, 0) is 0 Å². The molecule has 0 aromatic heterocycles. The van der Waals surface area contributed by atoms with Crippen molar-refractivity contribution in [2.45, 2.75) is 12.8 Å². The average Bonchev–Trinajstić information content (AvgIpc) is 2.95. The first-order chi connectivity index (χ1) is 12.5. The van der Waals surface area contributed by atoms with E-state index in [0.29, 0.717) is 5.92 Å². The summed E-state index contributed by atoms with van der Waals surface area (Å²) in [7, 11) is 8.41. The molecule has 2 heteroatoms. The van der Waals surface area contributed by atoms with Gasteiger partial charge in [-0.2, -0.15) is 0 Å². The molecule has 0 fully saturated rings. The van der Waals surface area contributed by atoms with Crippen LogP contribution < -0.4 is 9.80 Å². The van der Waals surface area contributed by atoms with E-state index in [1.54, 1.807) is 0 Å². The third-order valence-electron chi connectivity index (χ3n) is 5.43. The fourth-order valence-corrected chi connectivity index (χ4v) is 3.90. The second kappa shape index (κ2) is 6.21. The SMILES string of the molecule is Cc1ccc(C2c3ccc(N(C)C)cc3-c3cc(N(C)C)ccc32)cc1. The van der Waals surface area contributed by atoms with Crippen molar-refractivity contribution in [2.75, 3.05) is 38.0 Å². The van der Waals surface area contributed by atoms with Gasteiger partial charge < -0.3 is 9.80 Å². The average molecular weight is 342 g/mol. The lowest BCUT2D eigenvalue weighted by molar-refractivity contribution is 1.01. The molecule has 0 aliphatic heterocycles. The summed E-state index contributed by atoms with van der Waals surface area (Å²) in [6.45, 7) is 2.15. The monoisotopic (exact) mass is 342 g/mol. The summed E-state index contributed by atoms with van der Waals surface area (Å²) >= 11 is 0. The molecule has 0 spiro atoms. The molecule has 4 rings (SSSR count). The van der Waals surface area contributed by atoms with Crippen LogP contribution in [-0.4, -0.2) is 28.2 Å². The summed E-state index contributed by atoms with van der Waals surface area (Å²) in [6, 6.07) is 22.7. The molecule has 0 saturated carbocycles. The number of nitrogens with zero attached hydrogens (tertiary/aromatic N) is 2. The minimum atomic E-state index is 0.313. The van der Waals surface area contributed by atoms with Crippen LogP contribution in [0.5, 0.6) is 0 Å². The molecular formula is C24H26N2. The van der Waals surface area contributed by atoms with Gasteiger partial charge in [0.15, 0.2) is 0 Å². The van der Waals surface area contributed by atoms with Gasteiger partial charge in [0, 0.05) is 45.5 Å². The summed E-state index contributed by atoms with van der Waals surface area (Å²) in [5.74, 6) is 0.313. The Kier molecular flexibility index (Phi) is 3.99. The number of benzene rings is 3. The molecule has 26 heavy (non-hydrogen) atoms. The maximum Gasteiger partial charge on any atom is 0.0367 e. The van der Waals surface area contributed by atoms with Crippen LogP contribution in [0.25, 0.3) is 11.1 Å². The zero-order chi connectivity index (χ0) is 18.4. The summed E-state index contributed by atoms with van der Waals surface area (Å²) in [4.78, 5) is 4.35. The van der Waals surface area contributed by atoms with E-state index >= 15 is 0 Å². The number of fused-ring (bicyclic) bond motifs is 3. The van der Waals surface area contributed by atoms with Crippen molar-refractivity contribution in [3.8, 4) is 11.1 Å². The fraction of sp³-hybridized carbons (Fsp3) is 0.250. The van der Waals surface area contributed by atoms with Crippen molar-refractivity contribution in [1.82, 2.24) is 0 Å². The van der Waals surface area contributed by atoms with Gasteiger partial charge in [-0.25, -0.2) is 0 Å². The summed E-state index contributed by atoms with van der Waals surface area (Å²) < 4.78 is 0. The van der Waals surface area contributed by atoms with Crippen molar-refractivity contribution in [2.24, 2.45) is 0 Å². The van der Waals surface area contributed by atoms with Crippen LogP contribution in [0.4, 0.5) is 11.4 Å². The van der Waals surface area contributed by atoms with Crippen LogP contribution in [0.2, 0.25) is 0 Å². The van der Waals surface area contributed by atoms with Crippen LogP contribution in [0.1, 0.15) is 28.2 Å². The maximum absolute atomic E-state index is 2.34. The smallest absolute Gasteiger partial charge is 0.0367 e. The van der Waals surface area contributed by atoms with E-state index in [-0.39, 0.29) is 0 Å². The topological polar surface area (TPSA) is 6.48 Å². The lowest BCUT2D eigenvalue weighted by Gasteiger charge is -2.17. The Morgan fingerprint density at radius 1 is 0.615 bits per heavy atom. The lowest BCUT2D eigenvalue weighted by Crippen LogP contribution is -2.09. The van der Waals surface area contributed by atoms with Gasteiger partial charge >= 0.3 is 0 Å². The predicted molar refractivity (Wildman–Crippen MR) is 113 cm³/mol. The number of aryl methyl sites for hydroxylation is 1. The molecular weight excluding hydrogens is 316 g/mol. The number of hydrogen-bond acceptors (Lipinski definition) is 2. The largest absolute Gasteiger partial charge is 0.378 e. The van der Waals surface area contributed by atoms with E-state index in [1.165, 1.54) is 44.8 Å². The molecule has 0 heterocycles. The lowest BCUT2D eigenvalue weighted by atomic mass is 9.89. The molecule has 1 aliphatic carbocycles. The highest BCUT2D eigenvalue weighted by atomic mass is 15.1. The van der Waals surface area contributed by atoms with Gasteiger partial charge in [0.2, 0.25) is 0 Å². The van der Waals surface area contributed by atoms with Gasteiger partial charge in [-0.15, -0.1) is 0 Å². The van der Waals surface area contributed by atoms with Gasteiger partial charge in [0.25, 0.3) is 0 Å². The summed E-state index contributed by atoms with van der Waals surface area (Å²) in [5.41, 5.74) is 10.7. The number of anilines is 2. The Bertz CT molecular complexity index is 895. The van der Waals surface area contributed by atoms with E-state index in [1.807, 2.05) is 0 Å². The molecule has 0 unspecified atom stereocenters. The highest BCUT2D eigenvalue weighted by Crippen LogP contribution is 2.49. The van der Waals surface area contributed by atoms with Crippen molar-refractivity contribution < 1.29 is 0 Å². The fourth-order valence-electron chi connectivity index (χ4n) is 3.90. The normalized spacial score (nSPS) is 12.7.